The van der Waals surface area contributed by atoms with Crippen LogP contribution in [0.5, 0.6) is 5.75 Å². The Morgan fingerprint density at radius 3 is 2.12 bits per heavy atom. The highest BCUT2D eigenvalue weighted by atomic mass is 35.5. The number of nitrogens with one attached hydrogen (secondary N) is 1. The first kappa shape index (κ1) is 35.3. The van der Waals surface area contributed by atoms with Gasteiger partial charge >= 0.3 is 12.2 Å². The minimum atomic E-state index is -4.60. The van der Waals surface area contributed by atoms with Crippen molar-refractivity contribution < 1.29 is 27.5 Å². The number of carbonyl (C=O) groups is 2. The molecule has 1 fully saturated rings. The molecule has 3 aromatic rings. The molecule has 0 aliphatic carbocycles. The maximum absolute atomic E-state index is 14.7. The first-order chi connectivity index (χ1) is 22.8. The van der Waals surface area contributed by atoms with Crippen LogP contribution in [-0.4, -0.2) is 78.3 Å². The van der Waals surface area contributed by atoms with Gasteiger partial charge in [-0.1, -0.05) is 59.6 Å². The summed E-state index contributed by atoms with van der Waals surface area (Å²) in [5.74, 6) is 0.00543. The molecule has 2 aliphatic heterocycles. The van der Waals surface area contributed by atoms with E-state index < -0.39 is 23.8 Å². The molecule has 3 amide bonds. The molecule has 3 aromatic carbocycles. The van der Waals surface area contributed by atoms with Crippen molar-refractivity contribution in [3.05, 3.63) is 111 Å². The highest BCUT2D eigenvalue weighted by Crippen LogP contribution is 2.46. The molecule has 1 saturated heterocycles. The summed E-state index contributed by atoms with van der Waals surface area (Å²) in [7, 11) is 0. The van der Waals surface area contributed by atoms with E-state index >= 15 is 0 Å². The average molecular weight is 703 g/mol. The summed E-state index contributed by atoms with van der Waals surface area (Å²) < 4.78 is 47.1. The normalized spacial score (nSPS) is 18.4. The molecule has 0 spiro atoms. The second-order valence-electron chi connectivity index (χ2n) is 11.7. The van der Waals surface area contributed by atoms with Gasteiger partial charge in [-0.15, -0.1) is 0 Å². The van der Waals surface area contributed by atoms with Crippen molar-refractivity contribution >= 4 is 41.0 Å². The Kier molecular flexibility index (Phi) is 11.0. The zero-order valence-electron chi connectivity index (χ0n) is 26.6. The van der Waals surface area contributed by atoms with Crippen LogP contribution >= 0.6 is 23.2 Å². The Bertz CT molecular complexity index is 1670. The highest BCUT2D eigenvalue weighted by Gasteiger charge is 2.45. The molecule has 5 rings (SSSR count). The third kappa shape index (κ3) is 8.14. The average Bonchev–Trinajstić information content (AvgIpc) is 3.44. The van der Waals surface area contributed by atoms with Gasteiger partial charge in [-0.2, -0.15) is 13.2 Å². The molecular weight excluding hydrogens is 666 g/mol. The second-order valence-corrected chi connectivity index (χ2v) is 12.6. The molecule has 2 unspecified atom stereocenters. The van der Waals surface area contributed by atoms with Crippen LogP contribution in [0.25, 0.3) is 0 Å². The van der Waals surface area contributed by atoms with Gasteiger partial charge in [0, 0.05) is 42.8 Å². The Morgan fingerprint density at radius 2 is 1.56 bits per heavy atom. The number of hydrogen-bond acceptors (Lipinski definition) is 5. The topological polar surface area (TPSA) is 77.5 Å². The van der Waals surface area contributed by atoms with E-state index in [-0.39, 0.29) is 42.2 Å². The number of rotatable bonds is 9. The summed E-state index contributed by atoms with van der Waals surface area (Å²) >= 11 is 12.5. The standard InChI is InChI=1S/C35H36Cl2F3N5O3/c1-4-48-29-19-25(35(38,39)40)9-14-28(29)33-42-31(23-5-10-26(36)11-6-23)32(24-7-12-27(37)13-8-24)45(33)34(47)44-17-15-43(16-18-44)21-30(46)41-20-22(2)3/h5-14,19,31-32H,2,4,15-18,20-21H2,1,3H3,(H,41,46). The molecule has 2 atom stereocenters. The fourth-order valence-corrected chi connectivity index (χ4v) is 6.02. The number of piperazine rings is 1. The van der Waals surface area contributed by atoms with Crippen LogP contribution in [0.15, 0.2) is 83.9 Å². The Balaban J connectivity index is 1.55. The summed E-state index contributed by atoms with van der Waals surface area (Å²) in [5.41, 5.74) is 1.70. The monoisotopic (exact) mass is 701 g/mol. The van der Waals surface area contributed by atoms with Crippen molar-refractivity contribution in [3.63, 3.8) is 0 Å². The molecule has 254 valence electrons. The lowest BCUT2D eigenvalue weighted by Crippen LogP contribution is -2.55. The Hall–Kier alpha value is -4.06. The smallest absolute Gasteiger partial charge is 0.416 e. The molecular formula is C35H36Cl2F3N5O3. The van der Waals surface area contributed by atoms with Crippen LogP contribution in [0.2, 0.25) is 10.0 Å². The highest BCUT2D eigenvalue weighted by molar-refractivity contribution is 6.30. The summed E-state index contributed by atoms with van der Waals surface area (Å²) in [6.07, 6.45) is -4.60. The van der Waals surface area contributed by atoms with Crippen molar-refractivity contribution in [3.8, 4) is 5.75 Å². The zero-order chi connectivity index (χ0) is 34.6. The third-order valence-corrected chi connectivity index (χ3v) is 8.65. The van der Waals surface area contributed by atoms with Gasteiger partial charge in [-0.3, -0.25) is 19.6 Å². The summed E-state index contributed by atoms with van der Waals surface area (Å²) in [5, 5.41) is 3.85. The number of hydrogen-bond donors (Lipinski definition) is 1. The molecule has 2 heterocycles. The molecule has 1 N–H and O–H groups in total. The van der Waals surface area contributed by atoms with Gasteiger partial charge in [0.1, 0.15) is 17.6 Å². The van der Waals surface area contributed by atoms with Gasteiger partial charge < -0.3 is 15.0 Å². The van der Waals surface area contributed by atoms with Crippen molar-refractivity contribution in [2.45, 2.75) is 32.1 Å². The van der Waals surface area contributed by atoms with E-state index in [2.05, 4.69) is 11.9 Å². The number of alkyl halides is 3. The molecule has 0 radical (unpaired) electrons. The van der Waals surface area contributed by atoms with Crippen LogP contribution < -0.4 is 10.1 Å². The summed E-state index contributed by atoms with van der Waals surface area (Å²) in [4.78, 5) is 37.3. The maximum atomic E-state index is 14.7. The van der Waals surface area contributed by atoms with E-state index in [0.717, 1.165) is 28.8 Å². The van der Waals surface area contributed by atoms with Gasteiger partial charge in [0.25, 0.3) is 0 Å². The van der Waals surface area contributed by atoms with E-state index in [9.17, 15) is 22.8 Å². The Morgan fingerprint density at radius 1 is 0.958 bits per heavy atom. The predicted octanol–water partition coefficient (Wildman–Crippen LogP) is 7.39. The zero-order valence-corrected chi connectivity index (χ0v) is 28.1. The molecule has 48 heavy (non-hydrogen) atoms. The first-order valence-corrected chi connectivity index (χ1v) is 16.3. The van der Waals surface area contributed by atoms with Crippen molar-refractivity contribution in [1.82, 2.24) is 20.0 Å². The van der Waals surface area contributed by atoms with E-state index in [1.165, 1.54) is 6.07 Å². The van der Waals surface area contributed by atoms with E-state index in [0.29, 0.717) is 42.8 Å². The fraction of sp³-hybridized carbons (Fsp3) is 0.343. The van der Waals surface area contributed by atoms with E-state index in [4.69, 9.17) is 32.9 Å². The van der Waals surface area contributed by atoms with Crippen molar-refractivity contribution in [2.75, 3.05) is 45.9 Å². The largest absolute Gasteiger partial charge is 0.493 e. The Labute approximate surface area is 287 Å². The maximum Gasteiger partial charge on any atom is 0.416 e. The lowest BCUT2D eigenvalue weighted by molar-refractivity contribution is -0.137. The SMILES string of the molecule is C=C(C)CNC(=O)CN1CCN(C(=O)N2C(c3ccc(C(F)(F)F)cc3OCC)=NC(c3ccc(Cl)cc3)C2c2ccc(Cl)cc2)CC1. The molecule has 0 bridgehead atoms. The van der Waals surface area contributed by atoms with Crippen molar-refractivity contribution in [1.29, 1.82) is 0 Å². The first-order valence-electron chi connectivity index (χ1n) is 15.5. The van der Waals surface area contributed by atoms with Crippen LogP contribution in [0.3, 0.4) is 0 Å². The lowest BCUT2D eigenvalue weighted by Gasteiger charge is -2.39. The lowest BCUT2D eigenvalue weighted by atomic mass is 9.93. The number of carbonyl (C=O) groups excluding carboxylic acids is 2. The van der Waals surface area contributed by atoms with E-state index in [1.807, 2.05) is 36.1 Å². The van der Waals surface area contributed by atoms with Gasteiger partial charge in [-0.25, -0.2) is 4.79 Å². The molecule has 13 heteroatoms. The number of urea groups is 1. The van der Waals surface area contributed by atoms with Gasteiger partial charge in [-0.05, 0) is 67.4 Å². The number of benzene rings is 3. The summed E-state index contributed by atoms with van der Waals surface area (Å²) in [6.45, 7) is 9.51. The number of ether oxygens (including phenoxy) is 1. The summed E-state index contributed by atoms with van der Waals surface area (Å²) in [6, 6.07) is 15.7. The predicted molar refractivity (Wildman–Crippen MR) is 181 cm³/mol. The molecule has 8 nitrogen and oxygen atoms in total. The number of halogens is 5. The molecule has 0 aromatic heterocycles. The number of amidine groups is 1. The quantitative estimate of drug-likeness (QED) is 0.236. The number of aliphatic imine (C=N–C) groups is 1. The van der Waals surface area contributed by atoms with Gasteiger partial charge in [0.2, 0.25) is 5.91 Å². The second kappa shape index (κ2) is 15.0. The molecule has 0 saturated carbocycles. The minimum Gasteiger partial charge on any atom is -0.493 e. The van der Waals surface area contributed by atoms with Gasteiger partial charge in [0.15, 0.2) is 0 Å². The minimum absolute atomic E-state index is 0.0407. The van der Waals surface area contributed by atoms with Gasteiger partial charge in [0.05, 0.1) is 30.3 Å². The van der Waals surface area contributed by atoms with Crippen LogP contribution in [0, 0.1) is 0 Å². The fourth-order valence-electron chi connectivity index (χ4n) is 5.77. The third-order valence-electron chi connectivity index (χ3n) is 8.14. The van der Waals surface area contributed by atoms with Crippen molar-refractivity contribution in [2.24, 2.45) is 4.99 Å². The van der Waals surface area contributed by atoms with Crippen LogP contribution in [-0.2, 0) is 11.0 Å². The van der Waals surface area contributed by atoms with Crippen LogP contribution in [0.4, 0.5) is 18.0 Å². The van der Waals surface area contributed by atoms with Crippen LogP contribution in [0.1, 0.15) is 48.2 Å². The van der Waals surface area contributed by atoms with E-state index in [1.54, 1.807) is 41.0 Å². The molecule has 2 aliphatic rings. The number of nitrogens with zero attached hydrogens (tertiary/aromatic N) is 4. The number of amides is 3.